The van der Waals surface area contributed by atoms with Gasteiger partial charge >= 0.3 is 5.97 Å². The molecule has 1 N–H and O–H groups in total. The van der Waals surface area contributed by atoms with Crippen LogP contribution in [0.5, 0.6) is 5.75 Å². The van der Waals surface area contributed by atoms with Crippen LogP contribution in [-0.2, 0) is 4.74 Å². The van der Waals surface area contributed by atoms with E-state index in [4.69, 9.17) is 0 Å². The molecule has 3 nitrogen and oxygen atoms in total. The molecule has 0 radical (unpaired) electrons. The molecule has 0 bridgehead atoms. The number of phenolic OH excluding ortho intramolecular Hbond substituents is 1. The second-order valence-electron chi connectivity index (χ2n) is 2.58. The summed E-state index contributed by atoms with van der Waals surface area (Å²) in [4.78, 5) is 11.0. The minimum absolute atomic E-state index is 0.369. The van der Waals surface area contributed by atoms with Crippen LogP contribution in [0.2, 0.25) is 0 Å². The first kappa shape index (κ1) is 9.51. The number of rotatable bonds is 1. The molecule has 0 aromatic heterocycles. The second-order valence-corrected chi connectivity index (χ2v) is 2.58. The summed E-state index contributed by atoms with van der Waals surface area (Å²) >= 11 is 0. The van der Waals surface area contributed by atoms with Gasteiger partial charge in [-0.1, -0.05) is 6.07 Å². The zero-order valence-electron chi connectivity index (χ0n) is 7.30. The van der Waals surface area contributed by atoms with Gasteiger partial charge in [0, 0.05) is 0 Å². The molecule has 0 saturated heterocycles. The van der Waals surface area contributed by atoms with Crippen molar-refractivity contribution in [3.63, 3.8) is 0 Å². The van der Waals surface area contributed by atoms with Gasteiger partial charge in [-0.15, -0.1) is 0 Å². The molecule has 0 aliphatic rings. The van der Waals surface area contributed by atoms with Gasteiger partial charge in [0.25, 0.3) is 0 Å². The maximum Gasteiger partial charge on any atom is 0.344 e. The topological polar surface area (TPSA) is 46.5 Å². The van der Waals surface area contributed by atoms with Crippen molar-refractivity contribution in [1.82, 2.24) is 0 Å². The van der Waals surface area contributed by atoms with Crippen LogP contribution in [-0.4, -0.2) is 18.2 Å². The van der Waals surface area contributed by atoms with Gasteiger partial charge < -0.3 is 9.84 Å². The predicted octanol–water partition coefficient (Wildman–Crippen LogP) is 1.63. The molecule has 0 amide bonds. The monoisotopic (exact) mass is 184 g/mol. The highest BCUT2D eigenvalue weighted by Gasteiger charge is 2.18. The van der Waals surface area contributed by atoms with Crippen molar-refractivity contribution >= 4 is 5.97 Å². The van der Waals surface area contributed by atoms with Gasteiger partial charge in [-0.3, -0.25) is 0 Å². The van der Waals surface area contributed by atoms with Crippen LogP contribution >= 0.6 is 0 Å². The van der Waals surface area contributed by atoms with Crippen LogP contribution in [0.15, 0.2) is 12.1 Å². The number of aryl methyl sites for hydroxylation is 1. The minimum atomic E-state index is -0.876. The molecule has 13 heavy (non-hydrogen) atoms. The number of methoxy groups -OCH3 is 1. The van der Waals surface area contributed by atoms with E-state index in [9.17, 15) is 14.3 Å². The lowest BCUT2D eigenvalue weighted by Gasteiger charge is -2.05. The van der Waals surface area contributed by atoms with Crippen LogP contribution < -0.4 is 0 Å². The molecule has 70 valence electrons. The third kappa shape index (κ3) is 1.61. The van der Waals surface area contributed by atoms with Crippen molar-refractivity contribution in [2.45, 2.75) is 6.92 Å². The number of benzene rings is 1. The summed E-state index contributed by atoms with van der Waals surface area (Å²) in [5.74, 6) is -2.03. The smallest absolute Gasteiger partial charge is 0.344 e. The Hall–Kier alpha value is -1.58. The number of hydrogen-bond donors (Lipinski definition) is 1. The second kappa shape index (κ2) is 3.43. The highest BCUT2D eigenvalue weighted by molar-refractivity contribution is 5.93. The summed E-state index contributed by atoms with van der Waals surface area (Å²) in [6.07, 6.45) is 0. The van der Waals surface area contributed by atoms with E-state index in [2.05, 4.69) is 4.74 Å². The summed E-state index contributed by atoms with van der Waals surface area (Å²) in [7, 11) is 1.13. The zero-order chi connectivity index (χ0) is 10.0. The Balaban J connectivity index is 3.33. The lowest BCUT2D eigenvalue weighted by molar-refractivity contribution is 0.0592. The first-order valence-corrected chi connectivity index (χ1v) is 3.64. The van der Waals surface area contributed by atoms with Crippen LogP contribution in [0.25, 0.3) is 0 Å². The lowest BCUT2D eigenvalue weighted by Crippen LogP contribution is -2.05. The fourth-order valence-corrected chi connectivity index (χ4v) is 0.967. The normalized spacial score (nSPS) is 9.77. The summed E-state index contributed by atoms with van der Waals surface area (Å²) < 4.78 is 17.3. The van der Waals surface area contributed by atoms with Gasteiger partial charge in [0.05, 0.1) is 7.11 Å². The average Bonchev–Trinajstić information content (AvgIpc) is 2.12. The fourth-order valence-electron chi connectivity index (χ4n) is 0.967. The number of halogens is 1. The van der Waals surface area contributed by atoms with Gasteiger partial charge in [0.1, 0.15) is 17.1 Å². The van der Waals surface area contributed by atoms with Crippen molar-refractivity contribution < 1.29 is 19.0 Å². The van der Waals surface area contributed by atoms with Gasteiger partial charge in [-0.25, -0.2) is 9.18 Å². The summed E-state index contributed by atoms with van der Waals surface area (Å²) in [5.41, 5.74) is 0.0179. The number of aromatic hydroxyl groups is 1. The molecule has 0 heterocycles. The van der Waals surface area contributed by atoms with Gasteiger partial charge in [-0.05, 0) is 18.6 Å². The van der Waals surface area contributed by atoms with Crippen LogP contribution in [0.1, 0.15) is 15.9 Å². The lowest BCUT2D eigenvalue weighted by atomic mass is 10.1. The van der Waals surface area contributed by atoms with Crippen molar-refractivity contribution in [3.05, 3.63) is 29.1 Å². The Morgan fingerprint density at radius 2 is 2.15 bits per heavy atom. The molecule has 0 saturated carbocycles. The predicted molar refractivity (Wildman–Crippen MR) is 44.1 cm³/mol. The zero-order valence-corrected chi connectivity index (χ0v) is 7.30. The molecular formula is C9H9FO3. The van der Waals surface area contributed by atoms with E-state index in [1.54, 1.807) is 6.92 Å². The molecule has 0 spiro atoms. The molecule has 4 heteroatoms. The van der Waals surface area contributed by atoms with Crippen molar-refractivity contribution in [2.75, 3.05) is 7.11 Å². The molecule has 0 unspecified atom stereocenters. The van der Waals surface area contributed by atoms with Crippen molar-refractivity contribution in [3.8, 4) is 5.75 Å². The molecule has 1 rings (SSSR count). The molecule has 1 aromatic rings. The fraction of sp³-hybridized carbons (Fsp3) is 0.222. The maximum atomic E-state index is 13.0. The van der Waals surface area contributed by atoms with Gasteiger partial charge in [-0.2, -0.15) is 0 Å². The SMILES string of the molecule is COC(=O)c1c(F)ccc(C)c1O. The van der Waals surface area contributed by atoms with Crippen LogP contribution in [0.3, 0.4) is 0 Å². The Morgan fingerprint density at radius 3 is 2.69 bits per heavy atom. The third-order valence-corrected chi connectivity index (χ3v) is 1.72. The average molecular weight is 184 g/mol. The van der Waals surface area contributed by atoms with E-state index in [-0.39, 0.29) is 5.75 Å². The first-order valence-electron chi connectivity index (χ1n) is 3.64. The molecule has 0 atom stereocenters. The van der Waals surface area contributed by atoms with Crippen LogP contribution in [0, 0.1) is 12.7 Å². The first-order chi connectivity index (χ1) is 6.07. The highest BCUT2D eigenvalue weighted by Crippen LogP contribution is 2.24. The Bertz CT molecular complexity index is 347. The van der Waals surface area contributed by atoms with E-state index >= 15 is 0 Å². The van der Waals surface area contributed by atoms with Crippen molar-refractivity contribution in [2.24, 2.45) is 0 Å². The van der Waals surface area contributed by atoms with E-state index in [1.807, 2.05) is 0 Å². The van der Waals surface area contributed by atoms with Gasteiger partial charge in [0.15, 0.2) is 0 Å². The molecule has 0 fully saturated rings. The standard InChI is InChI=1S/C9H9FO3/c1-5-3-4-6(10)7(8(5)11)9(12)13-2/h3-4,11H,1-2H3. The highest BCUT2D eigenvalue weighted by atomic mass is 19.1. The Kier molecular flexibility index (Phi) is 2.51. The molecule has 0 aliphatic heterocycles. The molecule has 0 aliphatic carbocycles. The van der Waals surface area contributed by atoms with Crippen LogP contribution in [0.4, 0.5) is 4.39 Å². The molecule has 1 aromatic carbocycles. The number of carbonyl (C=O) groups is 1. The number of ether oxygens (including phenoxy) is 1. The number of esters is 1. The number of phenols is 1. The third-order valence-electron chi connectivity index (χ3n) is 1.72. The summed E-state index contributed by atoms with van der Waals surface area (Å²) in [5, 5.41) is 9.34. The largest absolute Gasteiger partial charge is 0.507 e. The maximum absolute atomic E-state index is 13.0. The van der Waals surface area contributed by atoms with E-state index in [0.29, 0.717) is 5.56 Å². The summed E-state index contributed by atoms with van der Waals surface area (Å²) in [6, 6.07) is 2.50. The van der Waals surface area contributed by atoms with E-state index in [0.717, 1.165) is 13.2 Å². The quantitative estimate of drug-likeness (QED) is 0.674. The minimum Gasteiger partial charge on any atom is -0.507 e. The van der Waals surface area contributed by atoms with E-state index < -0.39 is 17.3 Å². The van der Waals surface area contributed by atoms with Gasteiger partial charge in [0.2, 0.25) is 0 Å². The van der Waals surface area contributed by atoms with Crippen molar-refractivity contribution in [1.29, 1.82) is 0 Å². The molecular weight excluding hydrogens is 175 g/mol. The summed E-state index contributed by atoms with van der Waals surface area (Å²) in [6.45, 7) is 1.57. The Labute approximate surface area is 74.8 Å². The number of hydrogen-bond acceptors (Lipinski definition) is 3. The number of carbonyl (C=O) groups excluding carboxylic acids is 1. The van der Waals surface area contributed by atoms with E-state index in [1.165, 1.54) is 6.07 Å². The Morgan fingerprint density at radius 1 is 1.54 bits per heavy atom.